The Morgan fingerprint density at radius 3 is 1.93 bits per heavy atom. The number of unbranched alkanes of at least 4 members (excludes halogenated alkanes) is 1. The highest BCUT2D eigenvalue weighted by Crippen LogP contribution is 2.41. The predicted molar refractivity (Wildman–Crippen MR) is 95.9 cm³/mol. The third kappa shape index (κ3) is 4.06. The number of rotatable bonds is 5. The molecule has 1 saturated carbocycles. The Labute approximate surface area is 160 Å². The van der Waals surface area contributed by atoms with Crippen LogP contribution in [0.1, 0.15) is 63.4 Å². The van der Waals surface area contributed by atoms with E-state index < -0.39 is 51.9 Å². The monoisotopic (exact) mass is 400 g/mol. The molecule has 2 aromatic rings. The molecule has 2 aromatic carbocycles. The molecule has 0 amide bonds. The van der Waals surface area contributed by atoms with Gasteiger partial charge >= 0.3 is 0 Å². The van der Waals surface area contributed by atoms with E-state index in [1.807, 2.05) is 0 Å². The standard InChI is InChI=1S/C22H22F6/c1-2-3-4-12-5-7-13(8-6-12)19-16(23)11-15(20(26)22(19)28)14-9-17(24)21(27)18(25)10-14/h9-13H,2-8H2,1H3. The predicted octanol–water partition coefficient (Wildman–Crippen LogP) is 7.65. The Morgan fingerprint density at radius 2 is 1.36 bits per heavy atom. The Balaban J connectivity index is 1.90. The van der Waals surface area contributed by atoms with Gasteiger partial charge in [-0.1, -0.05) is 26.2 Å². The van der Waals surface area contributed by atoms with Gasteiger partial charge in [-0.3, -0.25) is 0 Å². The molecule has 0 saturated heterocycles. The van der Waals surface area contributed by atoms with Crippen molar-refractivity contribution in [3.63, 3.8) is 0 Å². The lowest BCUT2D eigenvalue weighted by molar-refractivity contribution is 0.294. The van der Waals surface area contributed by atoms with Crippen LogP contribution in [0.2, 0.25) is 0 Å². The quantitative estimate of drug-likeness (QED) is 0.275. The first-order valence-corrected chi connectivity index (χ1v) is 9.65. The van der Waals surface area contributed by atoms with Gasteiger partial charge in [0.2, 0.25) is 0 Å². The summed E-state index contributed by atoms with van der Waals surface area (Å²) in [6.07, 6.45) is 6.11. The maximum Gasteiger partial charge on any atom is 0.194 e. The molecule has 0 bridgehead atoms. The molecule has 152 valence electrons. The second-order valence-corrected chi connectivity index (χ2v) is 7.56. The van der Waals surface area contributed by atoms with Gasteiger partial charge in [-0.25, -0.2) is 26.3 Å². The minimum Gasteiger partial charge on any atom is -0.207 e. The van der Waals surface area contributed by atoms with Gasteiger partial charge in [-0.2, -0.15) is 0 Å². The first kappa shape index (κ1) is 20.7. The number of hydrogen-bond donors (Lipinski definition) is 0. The van der Waals surface area contributed by atoms with E-state index in [1.165, 1.54) is 0 Å². The van der Waals surface area contributed by atoms with Gasteiger partial charge < -0.3 is 0 Å². The number of hydrogen-bond acceptors (Lipinski definition) is 0. The highest BCUT2D eigenvalue weighted by atomic mass is 19.2. The van der Waals surface area contributed by atoms with Crippen LogP contribution in [-0.4, -0.2) is 0 Å². The van der Waals surface area contributed by atoms with Gasteiger partial charge in [0.1, 0.15) is 5.82 Å². The summed E-state index contributed by atoms with van der Waals surface area (Å²) in [5.41, 5.74) is -1.40. The van der Waals surface area contributed by atoms with Crippen molar-refractivity contribution in [2.24, 2.45) is 5.92 Å². The molecule has 0 aliphatic heterocycles. The van der Waals surface area contributed by atoms with Crippen LogP contribution in [0.5, 0.6) is 0 Å². The molecule has 1 aliphatic carbocycles. The summed E-state index contributed by atoms with van der Waals surface area (Å²) in [5.74, 6) is -8.39. The zero-order valence-electron chi connectivity index (χ0n) is 15.6. The van der Waals surface area contributed by atoms with Crippen LogP contribution < -0.4 is 0 Å². The minimum absolute atomic E-state index is 0.307. The van der Waals surface area contributed by atoms with Crippen LogP contribution >= 0.6 is 0 Å². The van der Waals surface area contributed by atoms with Crippen molar-refractivity contribution < 1.29 is 26.3 Å². The van der Waals surface area contributed by atoms with E-state index in [4.69, 9.17) is 0 Å². The summed E-state index contributed by atoms with van der Waals surface area (Å²) in [4.78, 5) is 0. The van der Waals surface area contributed by atoms with Gasteiger partial charge in [0.15, 0.2) is 29.1 Å². The lowest BCUT2D eigenvalue weighted by Crippen LogP contribution is -2.16. The topological polar surface area (TPSA) is 0 Å². The largest absolute Gasteiger partial charge is 0.207 e. The maximum absolute atomic E-state index is 14.7. The Hall–Kier alpha value is -1.98. The fraction of sp³-hybridized carbons (Fsp3) is 0.455. The lowest BCUT2D eigenvalue weighted by atomic mass is 9.76. The molecule has 1 fully saturated rings. The molecule has 1 aliphatic rings. The molecule has 0 spiro atoms. The van der Waals surface area contributed by atoms with Crippen LogP contribution in [-0.2, 0) is 0 Å². The molecule has 0 radical (unpaired) electrons. The molecule has 3 rings (SSSR count). The smallest absolute Gasteiger partial charge is 0.194 e. The molecular formula is C22H22F6. The average Bonchev–Trinajstić information content (AvgIpc) is 2.68. The maximum atomic E-state index is 14.7. The summed E-state index contributed by atoms with van der Waals surface area (Å²) in [7, 11) is 0. The fourth-order valence-electron chi connectivity index (χ4n) is 4.14. The zero-order chi connectivity index (χ0) is 20.4. The Bertz CT molecular complexity index is 830. The second-order valence-electron chi connectivity index (χ2n) is 7.56. The lowest BCUT2D eigenvalue weighted by Gasteiger charge is -2.29. The van der Waals surface area contributed by atoms with Crippen molar-refractivity contribution in [2.45, 2.75) is 57.8 Å². The molecule has 0 aromatic heterocycles. The van der Waals surface area contributed by atoms with Gasteiger partial charge in [-0.05, 0) is 61.3 Å². The van der Waals surface area contributed by atoms with Gasteiger partial charge in [0, 0.05) is 11.1 Å². The average molecular weight is 400 g/mol. The third-order valence-electron chi connectivity index (χ3n) is 5.71. The molecular weight excluding hydrogens is 378 g/mol. The van der Waals surface area contributed by atoms with Crippen LogP contribution in [0.4, 0.5) is 26.3 Å². The van der Waals surface area contributed by atoms with Crippen molar-refractivity contribution in [1.29, 1.82) is 0 Å². The number of halogens is 6. The van der Waals surface area contributed by atoms with E-state index in [-0.39, 0.29) is 5.56 Å². The van der Waals surface area contributed by atoms with Crippen LogP contribution in [0.25, 0.3) is 11.1 Å². The molecule has 0 heterocycles. The van der Waals surface area contributed by atoms with Crippen molar-refractivity contribution >= 4 is 0 Å². The minimum atomic E-state index is -1.72. The number of benzene rings is 2. The molecule has 28 heavy (non-hydrogen) atoms. The second kappa shape index (κ2) is 8.58. The van der Waals surface area contributed by atoms with E-state index >= 15 is 0 Å². The SMILES string of the molecule is CCCCC1CCC(c2c(F)cc(-c3cc(F)c(F)c(F)c3)c(F)c2F)CC1. The van der Waals surface area contributed by atoms with E-state index in [2.05, 4.69) is 6.92 Å². The summed E-state index contributed by atoms with van der Waals surface area (Å²) >= 11 is 0. The molecule has 0 nitrogen and oxygen atoms in total. The van der Waals surface area contributed by atoms with Crippen molar-refractivity contribution in [3.8, 4) is 11.1 Å². The summed E-state index contributed by atoms with van der Waals surface area (Å²) < 4.78 is 83.9. The fourth-order valence-corrected chi connectivity index (χ4v) is 4.14. The highest BCUT2D eigenvalue weighted by molar-refractivity contribution is 5.65. The normalized spacial score (nSPS) is 19.8. The van der Waals surface area contributed by atoms with Crippen molar-refractivity contribution in [1.82, 2.24) is 0 Å². The van der Waals surface area contributed by atoms with Gasteiger partial charge in [0.25, 0.3) is 0 Å². The third-order valence-corrected chi connectivity index (χ3v) is 5.71. The highest BCUT2D eigenvalue weighted by Gasteiger charge is 2.30. The first-order valence-electron chi connectivity index (χ1n) is 9.65. The van der Waals surface area contributed by atoms with Gasteiger partial charge in [0.05, 0.1) is 0 Å². The Morgan fingerprint density at radius 1 is 0.750 bits per heavy atom. The summed E-state index contributed by atoms with van der Waals surface area (Å²) in [6.45, 7) is 2.11. The van der Waals surface area contributed by atoms with Crippen LogP contribution in [0, 0.1) is 40.8 Å². The van der Waals surface area contributed by atoms with Crippen molar-refractivity contribution in [3.05, 3.63) is 58.7 Å². The van der Waals surface area contributed by atoms with E-state index in [0.717, 1.165) is 38.2 Å². The Kier molecular flexibility index (Phi) is 6.36. The van der Waals surface area contributed by atoms with Crippen molar-refractivity contribution in [2.75, 3.05) is 0 Å². The molecule has 0 unspecified atom stereocenters. The first-order chi connectivity index (χ1) is 13.3. The van der Waals surface area contributed by atoms with E-state index in [0.29, 0.717) is 30.9 Å². The molecule has 6 heteroatoms. The van der Waals surface area contributed by atoms with Gasteiger partial charge in [-0.15, -0.1) is 0 Å². The summed E-state index contributed by atoms with van der Waals surface area (Å²) in [5, 5.41) is 0. The molecule has 0 N–H and O–H groups in total. The van der Waals surface area contributed by atoms with E-state index in [9.17, 15) is 26.3 Å². The zero-order valence-corrected chi connectivity index (χ0v) is 15.6. The van der Waals surface area contributed by atoms with Crippen LogP contribution in [0.15, 0.2) is 18.2 Å². The van der Waals surface area contributed by atoms with E-state index in [1.54, 1.807) is 0 Å². The summed E-state index contributed by atoms with van der Waals surface area (Å²) in [6, 6.07) is 1.78. The molecule has 0 atom stereocenters. The van der Waals surface area contributed by atoms with Crippen LogP contribution in [0.3, 0.4) is 0 Å².